The number of alkyl halides is 2. The maximum Gasteiger partial charge on any atom is 0.267 e. The van der Waals surface area contributed by atoms with Crippen molar-refractivity contribution in [1.29, 1.82) is 0 Å². The number of hydrogen-bond acceptors (Lipinski definition) is 3. The van der Waals surface area contributed by atoms with Gasteiger partial charge in [-0.3, -0.25) is 0 Å². The lowest BCUT2D eigenvalue weighted by molar-refractivity contribution is -0.203. The fourth-order valence-electron chi connectivity index (χ4n) is 2.93. The molecule has 1 aromatic carbocycles. The molecule has 6 heteroatoms. The second kappa shape index (κ2) is 9.28. The Labute approximate surface area is 141 Å². The second-order valence-electron chi connectivity index (χ2n) is 5.97. The normalized spacial score (nSPS) is 21.2. The van der Waals surface area contributed by atoms with Crippen molar-refractivity contribution in [2.45, 2.75) is 52.2 Å². The summed E-state index contributed by atoms with van der Waals surface area (Å²) in [6, 6.07) is 2.90. The van der Waals surface area contributed by atoms with E-state index in [1.54, 1.807) is 6.92 Å². The van der Waals surface area contributed by atoms with Crippen LogP contribution in [-0.2, 0) is 15.9 Å². The van der Waals surface area contributed by atoms with Crippen LogP contribution < -0.4 is 4.74 Å². The van der Waals surface area contributed by atoms with Crippen molar-refractivity contribution in [3.8, 4) is 5.75 Å². The Balaban J connectivity index is 1.98. The van der Waals surface area contributed by atoms with E-state index in [9.17, 15) is 13.2 Å². The maximum atomic E-state index is 14.2. The Bertz CT molecular complexity index is 514. The van der Waals surface area contributed by atoms with Gasteiger partial charge in [-0.15, -0.1) is 0 Å². The van der Waals surface area contributed by atoms with Crippen LogP contribution in [0.4, 0.5) is 13.2 Å². The number of halogens is 3. The molecule has 1 aromatic rings. The summed E-state index contributed by atoms with van der Waals surface area (Å²) in [6.45, 7) is 5.26. The summed E-state index contributed by atoms with van der Waals surface area (Å²) in [5.41, 5.74) is -0.311. The highest BCUT2D eigenvalue weighted by atomic mass is 19.3. The molecule has 1 saturated heterocycles. The fourth-order valence-corrected chi connectivity index (χ4v) is 2.93. The van der Waals surface area contributed by atoms with Gasteiger partial charge < -0.3 is 14.2 Å². The Kier molecular flexibility index (Phi) is 7.37. The van der Waals surface area contributed by atoms with E-state index < -0.39 is 24.1 Å². The minimum absolute atomic E-state index is 0.135. The summed E-state index contributed by atoms with van der Waals surface area (Å²) in [5.74, 6) is -0.715. The third-order valence-electron chi connectivity index (χ3n) is 4.13. The van der Waals surface area contributed by atoms with Gasteiger partial charge in [0.15, 0.2) is 17.9 Å². The van der Waals surface area contributed by atoms with Crippen LogP contribution in [0.25, 0.3) is 0 Å². The van der Waals surface area contributed by atoms with Crippen molar-refractivity contribution >= 4 is 0 Å². The van der Waals surface area contributed by atoms with E-state index >= 15 is 0 Å². The molecule has 0 saturated carbocycles. The van der Waals surface area contributed by atoms with E-state index in [-0.39, 0.29) is 24.3 Å². The smallest absolute Gasteiger partial charge is 0.267 e. The molecule has 0 aliphatic carbocycles. The zero-order valence-electron chi connectivity index (χ0n) is 14.2. The first-order valence-corrected chi connectivity index (χ1v) is 8.52. The van der Waals surface area contributed by atoms with Crippen LogP contribution in [0, 0.1) is 11.7 Å². The van der Waals surface area contributed by atoms with Gasteiger partial charge in [0, 0.05) is 12.3 Å². The molecule has 0 N–H and O–H groups in total. The first-order valence-electron chi connectivity index (χ1n) is 8.52. The summed E-state index contributed by atoms with van der Waals surface area (Å²) >= 11 is 0. The highest BCUT2D eigenvalue weighted by molar-refractivity contribution is 5.38. The van der Waals surface area contributed by atoms with Crippen LogP contribution in [0.2, 0.25) is 0 Å². The SMILES string of the molecule is CCCC1COC(CCc2ccc(OCC)c(F)c2C(F)F)OC1. The quantitative estimate of drug-likeness (QED) is 0.671. The van der Waals surface area contributed by atoms with Gasteiger partial charge >= 0.3 is 0 Å². The number of rotatable bonds is 8. The highest BCUT2D eigenvalue weighted by Crippen LogP contribution is 2.33. The largest absolute Gasteiger partial charge is 0.491 e. The Morgan fingerprint density at radius 2 is 1.88 bits per heavy atom. The van der Waals surface area contributed by atoms with Gasteiger partial charge in [-0.1, -0.05) is 19.4 Å². The molecule has 0 radical (unpaired) electrons. The molecule has 0 spiro atoms. The first kappa shape index (κ1) is 19.1. The standard InChI is InChI=1S/C18H25F3O3/c1-3-5-12-10-23-15(24-11-12)9-7-13-6-8-14(22-4-2)17(19)16(13)18(20)21/h6,8,12,15,18H,3-5,7,9-11H2,1-2H3. The second-order valence-corrected chi connectivity index (χ2v) is 5.97. The Morgan fingerprint density at radius 1 is 1.17 bits per heavy atom. The van der Waals surface area contributed by atoms with Crippen LogP contribution in [-0.4, -0.2) is 26.1 Å². The van der Waals surface area contributed by atoms with Crippen LogP contribution in [0.5, 0.6) is 5.75 Å². The zero-order valence-corrected chi connectivity index (χ0v) is 14.2. The van der Waals surface area contributed by atoms with Crippen LogP contribution in [0.3, 0.4) is 0 Å². The van der Waals surface area contributed by atoms with E-state index in [4.69, 9.17) is 14.2 Å². The average Bonchev–Trinajstić information content (AvgIpc) is 2.56. The lowest BCUT2D eigenvalue weighted by Gasteiger charge is -2.29. The van der Waals surface area contributed by atoms with Gasteiger partial charge in [-0.25, -0.2) is 13.2 Å². The average molecular weight is 346 g/mol. The molecule has 1 aliphatic heterocycles. The molecule has 0 bridgehead atoms. The van der Waals surface area contributed by atoms with Gasteiger partial charge in [0.05, 0.1) is 25.4 Å². The van der Waals surface area contributed by atoms with E-state index in [2.05, 4.69) is 6.92 Å². The lowest BCUT2D eigenvalue weighted by atomic mass is 10.0. The Morgan fingerprint density at radius 3 is 2.46 bits per heavy atom. The number of hydrogen-bond donors (Lipinski definition) is 0. The highest BCUT2D eigenvalue weighted by Gasteiger charge is 2.25. The van der Waals surface area contributed by atoms with Crippen LogP contribution in [0.15, 0.2) is 12.1 Å². The number of ether oxygens (including phenoxy) is 3. The summed E-state index contributed by atoms with van der Waals surface area (Å²) in [5, 5.41) is 0. The summed E-state index contributed by atoms with van der Waals surface area (Å²) in [7, 11) is 0. The van der Waals surface area contributed by atoms with E-state index in [1.165, 1.54) is 12.1 Å². The third-order valence-corrected chi connectivity index (χ3v) is 4.13. The predicted octanol–water partition coefficient (Wildman–Crippen LogP) is 4.88. The van der Waals surface area contributed by atoms with Crippen molar-refractivity contribution in [2.24, 2.45) is 5.92 Å². The molecule has 0 atom stereocenters. The Hall–Kier alpha value is -1.27. The number of benzene rings is 1. The molecule has 0 amide bonds. The van der Waals surface area contributed by atoms with Gasteiger partial charge in [0.2, 0.25) is 0 Å². The van der Waals surface area contributed by atoms with Crippen molar-refractivity contribution in [2.75, 3.05) is 19.8 Å². The first-order chi connectivity index (χ1) is 11.6. The molecule has 1 fully saturated rings. The topological polar surface area (TPSA) is 27.7 Å². The molecular formula is C18H25F3O3. The fraction of sp³-hybridized carbons (Fsp3) is 0.667. The van der Waals surface area contributed by atoms with E-state index in [0.717, 1.165) is 12.8 Å². The maximum absolute atomic E-state index is 14.2. The van der Waals surface area contributed by atoms with E-state index in [1.807, 2.05) is 0 Å². The van der Waals surface area contributed by atoms with Crippen molar-refractivity contribution in [3.05, 3.63) is 29.1 Å². The molecule has 0 aromatic heterocycles. The minimum atomic E-state index is -2.89. The zero-order chi connectivity index (χ0) is 17.5. The predicted molar refractivity (Wildman–Crippen MR) is 84.9 cm³/mol. The molecule has 0 unspecified atom stereocenters. The van der Waals surface area contributed by atoms with Gasteiger partial charge in [0.1, 0.15) is 0 Å². The van der Waals surface area contributed by atoms with Gasteiger partial charge in [-0.05, 0) is 31.4 Å². The van der Waals surface area contributed by atoms with Crippen LogP contribution in [0.1, 0.15) is 50.7 Å². The summed E-state index contributed by atoms with van der Waals surface area (Å²) in [6.07, 6.45) is -0.490. The van der Waals surface area contributed by atoms with Gasteiger partial charge in [0.25, 0.3) is 6.43 Å². The van der Waals surface area contributed by atoms with Gasteiger partial charge in [-0.2, -0.15) is 0 Å². The van der Waals surface area contributed by atoms with Crippen molar-refractivity contribution in [1.82, 2.24) is 0 Å². The molecule has 1 aliphatic rings. The number of aryl methyl sites for hydroxylation is 1. The third kappa shape index (κ3) is 4.86. The molecule has 2 rings (SSSR count). The van der Waals surface area contributed by atoms with Crippen molar-refractivity contribution < 1.29 is 27.4 Å². The molecule has 1 heterocycles. The van der Waals surface area contributed by atoms with Crippen molar-refractivity contribution in [3.63, 3.8) is 0 Å². The van der Waals surface area contributed by atoms with E-state index in [0.29, 0.717) is 25.6 Å². The molecule has 136 valence electrons. The summed E-state index contributed by atoms with van der Waals surface area (Å²) < 4.78 is 57.0. The monoisotopic (exact) mass is 346 g/mol. The lowest BCUT2D eigenvalue weighted by Crippen LogP contribution is -2.32. The molecule has 3 nitrogen and oxygen atoms in total. The minimum Gasteiger partial charge on any atom is -0.491 e. The molecular weight excluding hydrogens is 321 g/mol. The van der Waals surface area contributed by atoms with Crippen LogP contribution >= 0.6 is 0 Å². The summed E-state index contributed by atoms with van der Waals surface area (Å²) in [4.78, 5) is 0. The molecule has 24 heavy (non-hydrogen) atoms.